The number of carbonyl (C=O) groups is 1. The predicted molar refractivity (Wildman–Crippen MR) is 91.4 cm³/mol. The summed E-state index contributed by atoms with van der Waals surface area (Å²) in [6, 6.07) is 1.77. The van der Waals surface area contributed by atoms with Crippen molar-refractivity contribution < 1.29 is 14.6 Å². The third kappa shape index (κ3) is 4.08. The number of phenolic OH excluding ortho intramolecular Hbond substituents is 1. The van der Waals surface area contributed by atoms with Gasteiger partial charge in [0.2, 0.25) is 0 Å². The van der Waals surface area contributed by atoms with Crippen LogP contribution in [0.1, 0.15) is 30.1 Å². The Morgan fingerprint density at radius 2 is 2.00 bits per heavy atom. The fourth-order valence-corrected chi connectivity index (χ4v) is 4.96. The number of carbonyl (C=O) groups excluding carboxylic acids is 1. The molecule has 0 aliphatic rings. The summed E-state index contributed by atoms with van der Waals surface area (Å²) in [5, 5.41) is 9.81. The van der Waals surface area contributed by atoms with Gasteiger partial charge in [-0.15, -0.1) is 0 Å². The lowest BCUT2D eigenvalue weighted by molar-refractivity contribution is 0.0496. The largest absolute Gasteiger partial charge is 0.506 e. The molecule has 3 nitrogen and oxygen atoms in total. The maximum absolute atomic E-state index is 11.9. The van der Waals surface area contributed by atoms with Crippen molar-refractivity contribution >= 4 is 73.7 Å². The smallest absolute Gasteiger partial charge is 0.340 e. The molecule has 1 aromatic rings. The fourth-order valence-electron chi connectivity index (χ4n) is 1.15. The zero-order valence-electron chi connectivity index (χ0n) is 9.10. The first kappa shape index (κ1) is 15.7. The van der Waals surface area contributed by atoms with Crippen molar-refractivity contribution in [2.45, 2.75) is 19.8 Å². The average Bonchev–Trinajstić information content (AvgIpc) is 2.26. The lowest BCUT2D eigenvalue weighted by Gasteiger charge is -2.10. The van der Waals surface area contributed by atoms with Gasteiger partial charge in [-0.25, -0.2) is 4.79 Å². The first-order valence-electron chi connectivity index (χ1n) is 5.02. The van der Waals surface area contributed by atoms with Crippen LogP contribution in [0.15, 0.2) is 6.07 Å². The molecule has 0 saturated carbocycles. The molecule has 17 heavy (non-hydrogen) atoms. The van der Waals surface area contributed by atoms with Crippen LogP contribution in [0.5, 0.6) is 5.75 Å². The van der Waals surface area contributed by atoms with Crippen LogP contribution in [0.2, 0.25) is 0 Å². The van der Waals surface area contributed by atoms with Gasteiger partial charge in [-0.2, -0.15) is 0 Å². The number of rotatable bonds is 4. The van der Waals surface area contributed by atoms with Gasteiger partial charge in [0.1, 0.15) is 5.75 Å². The molecular weight excluding hydrogens is 561 g/mol. The van der Waals surface area contributed by atoms with Gasteiger partial charge < -0.3 is 9.84 Å². The van der Waals surface area contributed by atoms with E-state index >= 15 is 0 Å². The fraction of sp³-hybridized carbons (Fsp3) is 0.364. The van der Waals surface area contributed by atoms with Crippen molar-refractivity contribution in [3.8, 4) is 5.75 Å². The van der Waals surface area contributed by atoms with Crippen LogP contribution in [0.3, 0.4) is 0 Å². The molecule has 94 valence electrons. The first-order valence-corrected chi connectivity index (χ1v) is 8.26. The summed E-state index contributed by atoms with van der Waals surface area (Å²) in [5.74, 6) is -0.215. The van der Waals surface area contributed by atoms with Crippen molar-refractivity contribution in [3.63, 3.8) is 0 Å². The summed E-state index contributed by atoms with van der Waals surface area (Å²) in [6.45, 7) is 2.46. The van der Waals surface area contributed by atoms with E-state index in [1.165, 1.54) is 0 Å². The van der Waals surface area contributed by atoms with Gasteiger partial charge in [-0.3, -0.25) is 0 Å². The van der Waals surface area contributed by atoms with E-state index in [1.54, 1.807) is 6.07 Å². The normalized spacial score (nSPS) is 10.4. The molecule has 0 fully saturated rings. The number of halogens is 3. The molecule has 0 amide bonds. The molecule has 0 aliphatic heterocycles. The highest BCUT2D eigenvalue weighted by molar-refractivity contribution is 14.1. The summed E-state index contributed by atoms with van der Waals surface area (Å²) in [4.78, 5) is 11.9. The van der Waals surface area contributed by atoms with Crippen LogP contribution in [0.4, 0.5) is 0 Å². The number of aromatic hydroxyl groups is 1. The zero-order chi connectivity index (χ0) is 13.0. The summed E-state index contributed by atoms with van der Waals surface area (Å²) in [7, 11) is 0. The SMILES string of the molecule is CCCCOC(=O)c1c(I)cc(I)c(O)c1I. The summed E-state index contributed by atoms with van der Waals surface area (Å²) in [5.41, 5.74) is 0.459. The van der Waals surface area contributed by atoms with E-state index in [-0.39, 0.29) is 11.7 Å². The number of phenols is 1. The van der Waals surface area contributed by atoms with E-state index in [4.69, 9.17) is 4.74 Å². The van der Waals surface area contributed by atoms with Gasteiger partial charge in [0.25, 0.3) is 0 Å². The molecule has 0 aromatic heterocycles. The molecule has 0 radical (unpaired) electrons. The molecule has 0 aliphatic carbocycles. The Morgan fingerprint density at radius 3 is 2.59 bits per heavy atom. The number of unbranched alkanes of at least 4 members (excludes halogenated alkanes) is 1. The molecule has 0 spiro atoms. The number of esters is 1. The molecule has 0 saturated heterocycles. The molecule has 1 N–H and O–H groups in total. The van der Waals surface area contributed by atoms with Gasteiger partial charge in [-0.1, -0.05) is 13.3 Å². The van der Waals surface area contributed by atoms with Crippen molar-refractivity contribution in [1.29, 1.82) is 0 Å². The average molecular weight is 572 g/mol. The maximum Gasteiger partial charge on any atom is 0.340 e. The highest BCUT2D eigenvalue weighted by atomic mass is 127. The topological polar surface area (TPSA) is 46.5 Å². The summed E-state index contributed by atoms with van der Waals surface area (Å²) in [6.07, 6.45) is 1.84. The Balaban J connectivity index is 2.97. The minimum Gasteiger partial charge on any atom is -0.506 e. The standard InChI is InChI=1S/C11H11I3O3/c1-2-3-4-17-11(16)8-6(12)5-7(13)10(15)9(8)14/h5,15H,2-4H2,1H3. The van der Waals surface area contributed by atoms with Crippen LogP contribution in [0.25, 0.3) is 0 Å². The predicted octanol–water partition coefficient (Wildman–Crippen LogP) is 4.16. The number of benzene rings is 1. The monoisotopic (exact) mass is 572 g/mol. The lowest BCUT2D eigenvalue weighted by Crippen LogP contribution is -2.11. The second-order valence-corrected chi connectivity index (χ2v) is 6.77. The summed E-state index contributed by atoms with van der Waals surface area (Å²) < 4.78 is 7.26. The van der Waals surface area contributed by atoms with E-state index < -0.39 is 0 Å². The lowest BCUT2D eigenvalue weighted by atomic mass is 10.2. The molecule has 0 unspecified atom stereocenters. The molecule has 1 aromatic carbocycles. The van der Waals surface area contributed by atoms with Gasteiger partial charge in [-0.05, 0) is 80.3 Å². The zero-order valence-corrected chi connectivity index (χ0v) is 15.6. The molecule has 6 heteroatoms. The van der Waals surface area contributed by atoms with Crippen LogP contribution in [-0.2, 0) is 4.74 Å². The number of hydrogen-bond donors (Lipinski definition) is 1. The highest BCUT2D eigenvalue weighted by Gasteiger charge is 2.20. The Labute approximate surface area is 141 Å². The van der Waals surface area contributed by atoms with E-state index in [9.17, 15) is 9.90 Å². The van der Waals surface area contributed by atoms with Crippen molar-refractivity contribution in [1.82, 2.24) is 0 Å². The third-order valence-corrected chi connectivity index (χ3v) is 4.80. The first-order chi connectivity index (χ1) is 7.99. The van der Waals surface area contributed by atoms with E-state index in [2.05, 4.69) is 22.6 Å². The van der Waals surface area contributed by atoms with Crippen molar-refractivity contribution in [2.24, 2.45) is 0 Å². The Bertz CT molecular complexity index is 432. The van der Waals surface area contributed by atoms with E-state index in [0.29, 0.717) is 15.7 Å². The Kier molecular flexibility index (Phi) is 6.77. The molecular formula is C11H11I3O3. The van der Waals surface area contributed by atoms with Gasteiger partial charge in [0, 0.05) is 3.57 Å². The second-order valence-electron chi connectivity index (χ2n) is 3.37. The molecule has 0 bridgehead atoms. The minimum absolute atomic E-state index is 0.147. The second kappa shape index (κ2) is 7.31. The van der Waals surface area contributed by atoms with Crippen LogP contribution >= 0.6 is 67.8 Å². The maximum atomic E-state index is 11.9. The molecule has 0 atom stereocenters. The minimum atomic E-state index is -0.362. The summed E-state index contributed by atoms with van der Waals surface area (Å²) >= 11 is 6.09. The molecule has 1 rings (SSSR count). The Hall–Kier alpha value is 0.680. The number of hydrogen-bond acceptors (Lipinski definition) is 3. The Morgan fingerprint density at radius 1 is 1.35 bits per heavy atom. The van der Waals surface area contributed by atoms with E-state index in [0.717, 1.165) is 20.0 Å². The van der Waals surface area contributed by atoms with Gasteiger partial charge in [0.15, 0.2) is 0 Å². The highest BCUT2D eigenvalue weighted by Crippen LogP contribution is 2.32. The van der Waals surface area contributed by atoms with Crippen molar-refractivity contribution in [2.75, 3.05) is 6.61 Å². The van der Waals surface area contributed by atoms with Crippen LogP contribution in [-0.4, -0.2) is 17.7 Å². The quantitative estimate of drug-likeness (QED) is 0.335. The van der Waals surface area contributed by atoms with Crippen LogP contribution in [0, 0.1) is 10.7 Å². The van der Waals surface area contributed by atoms with Gasteiger partial charge >= 0.3 is 5.97 Å². The third-order valence-electron chi connectivity index (χ3n) is 2.08. The van der Waals surface area contributed by atoms with Gasteiger partial charge in [0.05, 0.1) is 19.3 Å². The van der Waals surface area contributed by atoms with Crippen molar-refractivity contribution in [3.05, 3.63) is 22.3 Å². The van der Waals surface area contributed by atoms with E-state index in [1.807, 2.05) is 52.1 Å². The number of ether oxygens (including phenoxy) is 1. The molecule has 0 heterocycles. The van der Waals surface area contributed by atoms with Crippen LogP contribution < -0.4 is 0 Å².